The van der Waals surface area contributed by atoms with E-state index in [1.54, 1.807) is 6.33 Å². The van der Waals surface area contributed by atoms with E-state index in [9.17, 15) is 4.79 Å². The molecule has 1 amide bonds. The molecule has 1 atom stereocenters. The number of ether oxygens (including phenoxy) is 1. The van der Waals surface area contributed by atoms with Crippen LogP contribution < -0.4 is 5.32 Å². The molecule has 0 aromatic carbocycles. The number of carbonyl (C=O) groups excluding carboxylic acids is 1. The quantitative estimate of drug-likeness (QED) is 0.825. The number of aromatic nitrogens is 3. The smallest absolute Gasteiger partial charge is 0.220 e. The standard InChI is InChI=1S/C12H20N4O2/c1-12(6-3-7-18-12)8-13-11(17)5-4-10-15-14-9-16(10)2/h9H,3-8H2,1-2H3,(H,13,17). The molecule has 0 radical (unpaired) electrons. The van der Waals surface area contributed by atoms with Crippen LogP contribution in [0.1, 0.15) is 32.0 Å². The van der Waals surface area contributed by atoms with Crippen LogP contribution in [0.5, 0.6) is 0 Å². The Hall–Kier alpha value is -1.43. The molecular formula is C12H20N4O2. The fourth-order valence-corrected chi connectivity index (χ4v) is 2.11. The lowest BCUT2D eigenvalue weighted by Crippen LogP contribution is -2.40. The molecule has 6 nitrogen and oxygen atoms in total. The van der Waals surface area contributed by atoms with Crippen molar-refractivity contribution in [2.24, 2.45) is 7.05 Å². The maximum atomic E-state index is 11.7. The summed E-state index contributed by atoms with van der Waals surface area (Å²) in [5, 5.41) is 10.7. The number of aryl methyl sites for hydroxylation is 2. The lowest BCUT2D eigenvalue weighted by Gasteiger charge is -2.23. The van der Waals surface area contributed by atoms with Crippen LogP contribution >= 0.6 is 0 Å². The van der Waals surface area contributed by atoms with Gasteiger partial charge in [-0.15, -0.1) is 10.2 Å². The molecule has 1 aromatic rings. The Morgan fingerprint density at radius 2 is 2.50 bits per heavy atom. The van der Waals surface area contributed by atoms with Crippen LogP contribution in [0.2, 0.25) is 0 Å². The number of carbonyl (C=O) groups is 1. The third kappa shape index (κ3) is 3.29. The molecule has 1 saturated heterocycles. The SMILES string of the molecule is Cn1cnnc1CCC(=O)NCC1(C)CCCO1. The van der Waals surface area contributed by atoms with Gasteiger partial charge in [0.25, 0.3) is 0 Å². The Balaban J connectivity index is 1.71. The van der Waals surface area contributed by atoms with Gasteiger partial charge in [-0.2, -0.15) is 0 Å². The number of hydrogen-bond acceptors (Lipinski definition) is 4. The van der Waals surface area contributed by atoms with Gasteiger partial charge in [-0.25, -0.2) is 0 Å². The van der Waals surface area contributed by atoms with Crippen molar-refractivity contribution in [1.29, 1.82) is 0 Å². The molecule has 1 N–H and O–H groups in total. The largest absolute Gasteiger partial charge is 0.373 e. The van der Waals surface area contributed by atoms with Crippen LogP contribution in [0, 0.1) is 0 Å². The highest BCUT2D eigenvalue weighted by Gasteiger charge is 2.29. The molecule has 0 saturated carbocycles. The molecule has 0 spiro atoms. The summed E-state index contributed by atoms with van der Waals surface area (Å²) in [6.45, 7) is 3.43. The molecule has 1 unspecified atom stereocenters. The van der Waals surface area contributed by atoms with Gasteiger partial charge in [0.05, 0.1) is 5.60 Å². The monoisotopic (exact) mass is 252 g/mol. The zero-order chi connectivity index (χ0) is 13.0. The second-order valence-corrected chi connectivity index (χ2v) is 5.04. The van der Waals surface area contributed by atoms with Gasteiger partial charge in [-0.05, 0) is 19.8 Å². The molecule has 2 heterocycles. The predicted molar refractivity (Wildman–Crippen MR) is 65.9 cm³/mol. The first-order valence-corrected chi connectivity index (χ1v) is 6.33. The lowest BCUT2D eigenvalue weighted by molar-refractivity contribution is -0.122. The van der Waals surface area contributed by atoms with Crippen LogP contribution in [0.4, 0.5) is 0 Å². The van der Waals surface area contributed by atoms with Crippen molar-refractivity contribution < 1.29 is 9.53 Å². The summed E-state index contributed by atoms with van der Waals surface area (Å²) in [6, 6.07) is 0. The Morgan fingerprint density at radius 1 is 1.67 bits per heavy atom. The molecule has 6 heteroatoms. The van der Waals surface area contributed by atoms with Crippen LogP contribution in [-0.4, -0.2) is 39.4 Å². The van der Waals surface area contributed by atoms with Gasteiger partial charge in [-0.1, -0.05) is 0 Å². The minimum Gasteiger partial charge on any atom is -0.373 e. The average molecular weight is 252 g/mol. The van der Waals surface area contributed by atoms with Crippen molar-refractivity contribution in [2.75, 3.05) is 13.2 Å². The molecule has 1 aliphatic heterocycles. The second kappa shape index (κ2) is 5.48. The fourth-order valence-electron chi connectivity index (χ4n) is 2.11. The van der Waals surface area contributed by atoms with E-state index in [0.29, 0.717) is 19.4 Å². The topological polar surface area (TPSA) is 69.0 Å². The van der Waals surface area contributed by atoms with E-state index in [-0.39, 0.29) is 11.5 Å². The molecule has 0 aliphatic carbocycles. The number of rotatable bonds is 5. The van der Waals surface area contributed by atoms with E-state index in [2.05, 4.69) is 15.5 Å². The fraction of sp³-hybridized carbons (Fsp3) is 0.750. The third-order valence-corrected chi connectivity index (χ3v) is 3.34. The number of nitrogens with zero attached hydrogens (tertiary/aromatic N) is 3. The highest BCUT2D eigenvalue weighted by Crippen LogP contribution is 2.23. The summed E-state index contributed by atoms with van der Waals surface area (Å²) >= 11 is 0. The lowest BCUT2D eigenvalue weighted by atomic mass is 10.0. The summed E-state index contributed by atoms with van der Waals surface area (Å²) in [7, 11) is 1.88. The Morgan fingerprint density at radius 3 is 3.11 bits per heavy atom. The first-order valence-electron chi connectivity index (χ1n) is 6.33. The molecule has 2 rings (SSSR count). The summed E-state index contributed by atoms with van der Waals surface area (Å²) in [6.07, 6.45) is 4.77. The van der Waals surface area contributed by atoms with Crippen molar-refractivity contribution in [1.82, 2.24) is 20.1 Å². The van der Waals surface area contributed by atoms with E-state index < -0.39 is 0 Å². The van der Waals surface area contributed by atoms with Crippen LogP contribution in [0.25, 0.3) is 0 Å². The van der Waals surface area contributed by atoms with Gasteiger partial charge < -0.3 is 14.6 Å². The molecule has 100 valence electrons. The highest BCUT2D eigenvalue weighted by atomic mass is 16.5. The first-order chi connectivity index (χ1) is 8.59. The van der Waals surface area contributed by atoms with Gasteiger partial charge in [0.15, 0.2) is 0 Å². The van der Waals surface area contributed by atoms with Crippen molar-refractivity contribution in [3.05, 3.63) is 12.2 Å². The summed E-state index contributed by atoms with van der Waals surface area (Å²) < 4.78 is 7.45. The molecule has 1 aliphatic rings. The number of nitrogens with one attached hydrogen (secondary N) is 1. The first kappa shape index (κ1) is 13.0. The Kier molecular flexibility index (Phi) is 3.96. The van der Waals surface area contributed by atoms with Gasteiger partial charge in [-0.3, -0.25) is 4.79 Å². The molecular weight excluding hydrogens is 232 g/mol. The van der Waals surface area contributed by atoms with Gasteiger partial charge in [0, 0.05) is 33.0 Å². The van der Waals surface area contributed by atoms with Crippen molar-refractivity contribution in [3.8, 4) is 0 Å². The van der Waals surface area contributed by atoms with Crippen LogP contribution in [-0.2, 0) is 23.0 Å². The van der Waals surface area contributed by atoms with E-state index in [4.69, 9.17) is 4.74 Å². The molecule has 0 bridgehead atoms. The summed E-state index contributed by atoms with van der Waals surface area (Å²) in [5.41, 5.74) is -0.180. The third-order valence-electron chi connectivity index (χ3n) is 3.34. The average Bonchev–Trinajstić information content (AvgIpc) is 2.94. The van der Waals surface area contributed by atoms with Crippen molar-refractivity contribution >= 4 is 5.91 Å². The van der Waals surface area contributed by atoms with E-state index in [1.807, 2.05) is 18.5 Å². The summed E-state index contributed by atoms with van der Waals surface area (Å²) in [5.74, 6) is 0.864. The highest BCUT2D eigenvalue weighted by molar-refractivity contribution is 5.76. The molecule has 1 aromatic heterocycles. The van der Waals surface area contributed by atoms with Gasteiger partial charge in [0.1, 0.15) is 12.2 Å². The van der Waals surface area contributed by atoms with Crippen LogP contribution in [0.15, 0.2) is 6.33 Å². The Bertz CT molecular complexity index is 410. The van der Waals surface area contributed by atoms with Gasteiger partial charge >= 0.3 is 0 Å². The van der Waals surface area contributed by atoms with Crippen LogP contribution in [0.3, 0.4) is 0 Å². The van der Waals surface area contributed by atoms with E-state index in [0.717, 1.165) is 25.3 Å². The summed E-state index contributed by atoms with van der Waals surface area (Å²) in [4.78, 5) is 11.7. The zero-order valence-corrected chi connectivity index (χ0v) is 11.0. The maximum Gasteiger partial charge on any atom is 0.220 e. The number of amides is 1. The minimum absolute atomic E-state index is 0.0368. The molecule has 1 fully saturated rings. The Labute approximate surface area is 107 Å². The van der Waals surface area contributed by atoms with E-state index >= 15 is 0 Å². The second-order valence-electron chi connectivity index (χ2n) is 5.04. The van der Waals surface area contributed by atoms with E-state index in [1.165, 1.54) is 0 Å². The number of hydrogen-bond donors (Lipinski definition) is 1. The predicted octanol–water partition coefficient (Wildman–Crippen LogP) is 0.433. The minimum atomic E-state index is -0.180. The van der Waals surface area contributed by atoms with Gasteiger partial charge in [0.2, 0.25) is 5.91 Å². The van der Waals surface area contributed by atoms with Crippen molar-refractivity contribution in [3.63, 3.8) is 0 Å². The molecule has 18 heavy (non-hydrogen) atoms. The zero-order valence-electron chi connectivity index (χ0n) is 11.0. The maximum absolute atomic E-state index is 11.7. The normalized spacial score (nSPS) is 23.2. The van der Waals surface area contributed by atoms with Crippen molar-refractivity contribution in [2.45, 2.75) is 38.2 Å².